The highest BCUT2D eigenvalue weighted by atomic mass is 16.2. The zero-order valence-corrected chi connectivity index (χ0v) is 11.9. The largest absolute Gasteiger partial charge is 0.351 e. The molecule has 0 saturated heterocycles. The standard InChI is InChI=1S/C13H24N4O/c1-6-8(2)12(14)13(18)15-7-11-9(3)16-17(5)10(11)4/h8,12H,6-7,14H2,1-5H3,(H,15,18)/t8-,12-/m0/s1. The lowest BCUT2D eigenvalue weighted by atomic mass is 9.99. The van der Waals surface area contributed by atoms with E-state index in [-0.39, 0.29) is 11.8 Å². The Kier molecular flexibility index (Phi) is 4.90. The highest BCUT2D eigenvalue weighted by Crippen LogP contribution is 2.12. The zero-order chi connectivity index (χ0) is 13.9. The van der Waals surface area contributed by atoms with E-state index in [0.717, 1.165) is 23.4 Å². The quantitative estimate of drug-likeness (QED) is 0.822. The van der Waals surface area contributed by atoms with Gasteiger partial charge in [-0.15, -0.1) is 0 Å². The minimum absolute atomic E-state index is 0.0907. The third-order valence-corrected chi connectivity index (χ3v) is 3.66. The van der Waals surface area contributed by atoms with Gasteiger partial charge in [-0.25, -0.2) is 0 Å². The lowest BCUT2D eigenvalue weighted by Gasteiger charge is -2.17. The van der Waals surface area contributed by atoms with Crippen LogP contribution in [0, 0.1) is 19.8 Å². The highest BCUT2D eigenvalue weighted by molar-refractivity contribution is 5.81. The Morgan fingerprint density at radius 3 is 2.56 bits per heavy atom. The van der Waals surface area contributed by atoms with E-state index < -0.39 is 6.04 Å². The molecular formula is C13H24N4O. The average Bonchev–Trinajstić information content (AvgIpc) is 2.59. The Morgan fingerprint density at radius 1 is 1.50 bits per heavy atom. The van der Waals surface area contributed by atoms with Crippen LogP contribution in [0.25, 0.3) is 0 Å². The minimum atomic E-state index is -0.438. The van der Waals surface area contributed by atoms with Gasteiger partial charge < -0.3 is 11.1 Å². The van der Waals surface area contributed by atoms with Crippen LogP contribution in [0.15, 0.2) is 0 Å². The van der Waals surface area contributed by atoms with Crippen molar-refractivity contribution >= 4 is 5.91 Å². The Hall–Kier alpha value is -1.36. The minimum Gasteiger partial charge on any atom is -0.351 e. The van der Waals surface area contributed by atoms with Crippen LogP contribution in [0.5, 0.6) is 0 Å². The molecule has 0 fully saturated rings. The number of rotatable bonds is 5. The number of nitrogens with one attached hydrogen (secondary N) is 1. The maximum absolute atomic E-state index is 11.9. The molecule has 0 saturated carbocycles. The van der Waals surface area contributed by atoms with Crippen molar-refractivity contribution in [2.45, 2.75) is 46.7 Å². The summed E-state index contributed by atoms with van der Waals surface area (Å²) < 4.78 is 1.82. The highest BCUT2D eigenvalue weighted by Gasteiger charge is 2.19. The number of nitrogens with two attached hydrogens (primary N) is 1. The molecular weight excluding hydrogens is 228 g/mol. The number of hydrogen-bond acceptors (Lipinski definition) is 3. The van der Waals surface area contributed by atoms with Crippen molar-refractivity contribution < 1.29 is 4.79 Å². The zero-order valence-electron chi connectivity index (χ0n) is 11.9. The van der Waals surface area contributed by atoms with Crippen molar-refractivity contribution in [2.24, 2.45) is 18.7 Å². The van der Waals surface area contributed by atoms with Crippen molar-refractivity contribution in [1.82, 2.24) is 15.1 Å². The molecule has 5 heteroatoms. The second kappa shape index (κ2) is 6.00. The number of amides is 1. The van der Waals surface area contributed by atoms with Crippen LogP contribution < -0.4 is 11.1 Å². The van der Waals surface area contributed by atoms with Gasteiger partial charge in [0, 0.05) is 24.8 Å². The molecule has 0 aromatic carbocycles. The molecule has 1 rings (SSSR count). The SMILES string of the molecule is CC[C@H](C)[C@H](N)C(=O)NCc1c(C)nn(C)c1C. The van der Waals surface area contributed by atoms with Crippen molar-refractivity contribution in [3.63, 3.8) is 0 Å². The summed E-state index contributed by atoms with van der Waals surface area (Å²) >= 11 is 0. The van der Waals surface area contributed by atoms with Gasteiger partial charge in [-0.05, 0) is 19.8 Å². The number of aromatic nitrogens is 2. The summed E-state index contributed by atoms with van der Waals surface area (Å²) in [4.78, 5) is 11.9. The van der Waals surface area contributed by atoms with Crippen LogP contribution in [-0.4, -0.2) is 21.7 Å². The predicted octanol–water partition coefficient (Wildman–Crippen LogP) is 1.03. The summed E-state index contributed by atoms with van der Waals surface area (Å²) in [6, 6.07) is -0.438. The van der Waals surface area contributed by atoms with E-state index in [0.29, 0.717) is 6.54 Å². The van der Waals surface area contributed by atoms with Gasteiger partial charge in [-0.2, -0.15) is 5.10 Å². The molecule has 5 nitrogen and oxygen atoms in total. The lowest BCUT2D eigenvalue weighted by Crippen LogP contribution is -2.44. The maximum atomic E-state index is 11.9. The van der Waals surface area contributed by atoms with E-state index in [9.17, 15) is 4.79 Å². The first-order chi connectivity index (χ1) is 8.38. The lowest BCUT2D eigenvalue weighted by molar-refractivity contribution is -0.123. The third-order valence-electron chi connectivity index (χ3n) is 3.66. The van der Waals surface area contributed by atoms with Gasteiger partial charge in [-0.3, -0.25) is 9.48 Å². The van der Waals surface area contributed by atoms with Crippen LogP contribution >= 0.6 is 0 Å². The normalized spacial score (nSPS) is 14.3. The molecule has 0 unspecified atom stereocenters. The number of nitrogens with zero attached hydrogens (tertiary/aromatic N) is 2. The van der Waals surface area contributed by atoms with Crippen molar-refractivity contribution in [3.05, 3.63) is 17.0 Å². The summed E-state index contributed by atoms with van der Waals surface area (Å²) in [5.41, 5.74) is 8.98. The van der Waals surface area contributed by atoms with Crippen molar-refractivity contribution in [1.29, 1.82) is 0 Å². The molecule has 1 aromatic rings. The summed E-state index contributed by atoms with van der Waals surface area (Å²) in [7, 11) is 1.90. The van der Waals surface area contributed by atoms with E-state index in [2.05, 4.69) is 10.4 Å². The summed E-state index contributed by atoms with van der Waals surface area (Å²) in [6.45, 7) is 8.46. The number of aryl methyl sites for hydroxylation is 2. The summed E-state index contributed by atoms with van der Waals surface area (Å²) in [5.74, 6) is 0.105. The second-order valence-electron chi connectivity index (χ2n) is 4.90. The fourth-order valence-electron chi connectivity index (χ4n) is 1.88. The molecule has 3 N–H and O–H groups in total. The molecule has 102 valence electrons. The van der Waals surface area contributed by atoms with Crippen LogP contribution in [-0.2, 0) is 18.4 Å². The average molecular weight is 252 g/mol. The van der Waals surface area contributed by atoms with E-state index in [1.165, 1.54) is 0 Å². The van der Waals surface area contributed by atoms with E-state index in [1.807, 2.05) is 39.4 Å². The Balaban J connectivity index is 2.63. The van der Waals surface area contributed by atoms with Crippen LogP contribution in [0.1, 0.15) is 37.2 Å². The topological polar surface area (TPSA) is 72.9 Å². The first-order valence-corrected chi connectivity index (χ1v) is 6.40. The molecule has 1 aromatic heterocycles. The van der Waals surface area contributed by atoms with Gasteiger partial charge in [-0.1, -0.05) is 20.3 Å². The first-order valence-electron chi connectivity index (χ1n) is 6.40. The molecule has 1 heterocycles. The van der Waals surface area contributed by atoms with Crippen molar-refractivity contribution in [3.8, 4) is 0 Å². The third kappa shape index (κ3) is 3.10. The fraction of sp³-hybridized carbons (Fsp3) is 0.692. The van der Waals surface area contributed by atoms with E-state index in [4.69, 9.17) is 5.73 Å². The molecule has 0 spiro atoms. The number of hydrogen-bond donors (Lipinski definition) is 2. The molecule has 0 aliphatic heterocycles. The molecule has 0 bridgehead atoms. The maximum Gasteiger partial charge on any atom is 0.237 e. The van der Waals surface area contributed by atoms with E-state index >= 15 is 0 Å². The van der Waals surface area contributed by atoms with Gasteiger partial charge in [0.1, 0.15) is 0 Å². The van der Waals surface area contributed by atoms with E-state index in [1.54, 1.807) is 0 Å². The number of carbonyl (C=O) groups excluding carboxylic acids is 1. The predicted molar refractivity (Wildman–Crippen MR) is 72.0 cm³/mol. The van der Waals surface area contributed by atoms with Gasteiger partial charge in [0.15, 0.2) is 0 Å². The fourth-order valence-corrected chi connectivity index (χ4v) is 1.88. The van der Waals surface area contributed by atoms with Gasteiger partial charge in [0.25, 0.3) is 0 Å². The Bertz CT molecular complexity index is 425. The Labute approximate surface area is 109 Å². The van der Waals surface area contributed by atoms with Crippen LogP contribution in [0.4, 0.5) is 0 Å². The van der Waals surface area contributed by atoms with Gasteiger partial charge in [0.2, 0.25) is 5.91 Å². The van der Waals surface area contributed by atoms with Gasteiger partial charge >= 0.3 is 0 Å². The molecule has 0 radical (unpaired) electrons. The van der Waals surface area contributed by atoms with Crippen LogP contribution in [0.2, 0.25) is 0 Å². The Morgan fingerprint density at radius 2 is 2.11 bits per heavy atom. The van der Waals surface area contributed by atoms with Crippen LogP contribution in [0.3, 0.4) is 0 Å². The summed E-state index contributed by atoms with van der Waals surface area (Å²) in [5, 5.41) is 7.21. The molecule has 2 atom stereocenters. The molecule has 0 aliphatic rings. The molecule has 18 heavy (non-hydrogen) atoms. The molecule has 0 aliphatic carbocycles. The summed E-state index contributed by atoms with van der Waals surface area (Å²) in [6.07, 6.45) is 0.902. The second-order valence-corrected chi connectivity index (χ2v) is 4.90. The first kappa shape index (κ1) is 14.7. The number of carbonyl (C=O) groups is 1. The van der Waals surface area contributed by atoms with Gasteiger partial charge in [0.05, 0.1) is 11.7 Å². The molecule has 1 amide bonds. The smallest absolute Gasteiger partial charge is 0.237 e. The van der Waals surface area contributed by atoms with Crippen molar-refractivity contribution in [2.75, 3.05) is 0 Å². The monoisotopic (exact) mass is 252 g/mol.